The number of anilines is 1. The van der Waals surface area contributed by atoms with Gasteiger partial charge in [0.05, 0.1) is 23.3 Å². The summed E-state index contributed by atoms with van der Waals surface area (Å²) in [6.45, 7) is 5.65. The maximum absolute atomic E-state index is 12.4. The zero-order chi connectivity index (χ0) is 19.2. The lowest BCUT2D eigenvalue weighted by molar-refractivity contribution is -0.123. The van der Waals surface area contributed by atoms with Crippen LogP contribution < -0.4 is 16.0 Å². The minimum Gasteiger partial charge on any atom is -0.354 e. The summed E-state index contributed by atoms with van der Waals surface area (Å²) in [4.78, 5) is 26.7. The Hall–Kier alpha value is -1.34. The smallest absolute Gasteiger partial charge is 0.238 e. The Bertz CT molecular complexity index is 680. The highest BCUT2D eigenvalue weighted by Crippen LogP contribution is 2.23. The third kappa shape index (κ3) is 6.62. The largest absolute Gasteiger partial charge is 0.354 e. The number of aryl methyl sites for hydroxylation is 1. The first kappa shape index (κ1) is 22.9. The minimum absolute atomic E-state index is 0. The van der Waals surface area contributed by atoms with Crippen molar-refractivity contribution in [1.29, 1.82) is 0 Å². The van der Waals surface area contributed by atoms with E-state index in [2.05, 4.69) is 20.9 Å². The van der Waals surface area contributed by atoms with E-state index in [0.29, 0.717) is 29.7 Å². The molecule has 0 aliphatic carbocycles. The predicted octanol–water partition coefficient (Wildman–Crippen LogP) is 2.59. The summed E-state index contributed by atoms with van der Waals surface area (Å²) in [5, 5.41) is 9.75. The fraction of sp³-hybridized carbons (Fsp3) is 0.600. The Morgan fingerprint density at radius 1 is 1.29 bits per heavy atom. The average Bonchev–Trinajstić information content (AvgIpc) is 3.17. The van der Waals surface area contributed by atoms with Crippen LogP contribution in [-0.4, -0.2) is 55.5 Å². The normalized spacial score (nSPS) is 22.4. The molecule has 1 aromatic carbocycles. The maximum Gasteiger partial charge on any atom is 0.238 e. The van der Waals surface area contributed by atoms with Crippen LogP contribution in [0.1, 0.15) is 31.2 Å². The molecule has 0 spiro atoms. The van der Waals surface area contributed by atoms with Crippen LogP contribution in [-0.2, 0) is 9.59 Å². The van der Waals surface area contributed by atoms with Crippen molar-refractivity contribution in [3.63, 3.8) is 0 Å². The lowest BCUT2D eigenvalue weighted by Crippen LogP contribution is -2.46. The van der Waals surface area contributed by atoms with Gasteiger partial charge in [0.1, 0.15) is 0 Å². The van der Waals surface area contributed by atoms with Crippen molar-refractivity contribution >= 4 is 41.5 Å². The molecule has 3 N–H and O–H groups in total. The van der Waals surface area contributed by atoms with Crippen LogP contribution in [0.2, 0.25) is 5.02 Å². The number of nitrogens with one attached hydrogen (secondary N) is 3. The van der Waals surface area contributed by atoms with Crippen LogP contribution in [0.25, 0.3) is 0 Å². The van der Waals surface area contributed by atoms with Gasteiger partial charge in [-0.25, -0.2) is 0 Å². The molecule has 2 fully saturated rings. The monoisotopic (exact) mass is 428 g/mol. The Morgan fingerprint density at radius 2 is 2.11 bits per heavy atom. The summed E-state index contributed by atoms with van der Waals surface area (Å²) in [7, 11) is 0. The van der Waals surface area contributed by atoms with E-state index >= 15 is 0 Å². The molecule has 2 atom stereocenters. The Labute approximate surface area is 178 Å². The van der Waals surface area contributed by atoms with Gasteiger partial charge in [0.2, 0.25) is 11.8 Å². The first-order chi connectivity index (χ1) is 13.0. The number of carbonyl (C=O) groups excluding carboxylic acids is 2. The van der Waals surface area contributed by atoms with Gasteiger partial charge in [-0.2, -0.15) is 0 Å². The lowest BCUT2D eigenvalue weighted by Gasteiger charge is -2.32. The first-order valence-electron chi connectivity index (χ1n) is 9.80. The molecule has 3 rings (SSSR count). The second-order valence-corrected chi connectivity index (χ2v) is 8.08. The van der Waals surface area contributed by atoms with Gasteiger partial charge in [0, 0.05) is 13.1 Å². The number of benzene rings is 1. The number of piperidine rings is 1. The van der Waals surface area contributed by atoms with Crippen molar-refractivity contribution in [2.24, 2.45) is 5.92 Å². The SMILES string of the molecule is Cc1ccc(NC(=O)CN2CCCC(CNC(=O)C3CCCN3)C2)c(Cl)c1.Cl. The highest BCUT2D eigenvalue weighted by Gasteiger charge is 2.25. The van der Waals surface area contributed by atoms with E-state index < -0.39 is 0 Å². The number of hydrogen-bond acceptors (Lipinski definition) is 4. The quantitative estimate of drug-likeness (QED) is 0.650. The van der Waals surface area contributed by atoms with E-state index in [4.69, 9.17) is 11.6 Å². The molecule has 156 valence electrons. The molecule has 8 heteroatoms. The van der Waals surface area contributed by atoms with Crippen LogP contribution in [0.5, 0.6) is 0 Å². The van der Waals surface area contributed by atoms with E-state index in [9.17, 15) is 9.59 Å². The molecule has 2 unspecified atom stereocenters. The van der Waals surface area contributed by atoms with Gasteiger partial charge in [0.15, 0.2) is 0 Å². The molecular weight excluding hydrogens is 399 g/mol. The first-order valence-corrected chi connectivity index (χ1v) is 10.2. The van der Waals surface area contributed by atoms with Gasteiger partial charge in [-0.05, 0) is 69.3 Å². The number of halogens is 2. The van der Waals surface area contributed by atoms with E-state index in [1.54, 1.807) is 0 Å². The van der Waals surface area contributed by atoms with E-state index in [0.717, 1.165) is 50.9 Å². The number of hydrogen-bond donors (Lipinski definition) is 3. The molecule has 0 bridgehead atoms. The molecule has 2 aliphatic rings. The van der Waals surface area contributed by atoms with Gasteiger partial charge in [0.25, 0.3) is 0 Å². The number of nitrogens with zero attached hydrogens (tertiary/aromatic N) is 1. The molecule has 2 saturated heterocycles. The van der Waals surface area contributed by atoms with Gasteiger partial charge >= 0.3 is 0 Å². The third-order valence-electron chi connectivity index (χ3n) is 5.31. The van der Waals surface area contributed by atoms with Crippen molar-refractivity contribution in [3.8, 4) is 0 Å². The maximum atomic E-state index is 12.4. The van der Waals surface area contributed by atoms with Crippen molar-refractivity contribution in [1.82, 2.24) is 15.5 Å². The molecule has 1 aromatic rings. The minimum atomic E-state index is -0.0550. The van der Waals surface area contributed by atoms with Crippen LogP contribution >= 0.6 is 24.0 Å². The zero-order valence-corrected chi connectivity index (χ0v) is 17.9. The second-order valence-electron chi connectivity index (χ2n) is 7.67. The predicted molar refractivity (Wildman–Crippen MR) is 115 cm³/mol. The van der Waals surface area contributed by atoms with E-state index in [1.165, 1.54) is 0 Å². The van der Waals surface area contributed by atoms with Crippen LogP contribution in [0.3, 0.4) is 0 Å². The van der Waals surface area contributed by atoms with Crippen molar-refractivity contribution < 1.29 is 9.59 Å². The molecule has 0 radical (unpaired) electrons. The van der Waals surface area contributed by atoms with E-state index in [-0.39, 0.29) is 30.3 Å². The lowest BCUT2D eigenvalue weighted by atomic mass is 9.98. The molecule has 28 heavy (non-hydrogen) atoms. The highest BCUT2D eigenvalue weighted by atomic mass is 35.5. The zero-order valence-electron chi connectivity index (χ0n) is 16.3. The van der Waals surface area contributed by atoms with Crippen LogP contribution in [0, 0.1) is 12.8 Å². The van der Waals surface area contributed by atoms with Gasteiger partial charge < -0.3 is 16.0 Å². The Kier molecular flexibility index (Phi) is 9.02. The number of likely N-dealkylation sites (tertiary alicyclic amines) is 1. The van der Waals surface area contributed by atoms with E-state index in [1.807, 2.05) is 25.1 Å². The van der Waals surface area contributed by atoms with Crippen LogP contribution in [0.4, 0.5) is 5.69 Å². The number of amides is 2. The van der Waals surface area contributed by atoms with Gasteiger partial charge in [-0.1, -0.05) is 17.7 Å². The molecule has 2 heterocycles. The molecular formula is C20H30Cl2N4O2. The average molecular weight is 429 g/mol. The van der Waals surface area contributed by atoms with Crippen LogP contribution in [0.15, 0.2) is 18.2 Å². The van der Waals surface area contributed by atoms with Crippen molar-refractivity contribution in [2.45, 2.75) is 38.6 Å². The van der Waals surface area contributed by atoms with Crippen molar-refractivity contribution in [3.05, 3.63) is 28.8 Å². The molecule has 2 aliphatic heterocycles. The number of rotatable bonds is 6. The second kappa shape index (κ2) is 11.0. The fourth-order valence-electron chi connectivity index (χ4n) is 3.85. The standard InChI is InChI=1S/C20H29ClN4O2.ClH/c1-14-6-7-17(16(21)10-14)24-19(26)13-25-9-3-4-15(12-25)11-23-20(27)18-5-2-8-22-18;/h6-7,10,15,18,22H,2-5,8-9,11-13H2,1H3,(H,23,27)(H,24,26);1H. The Morgan fingerprint density at radius 3 is 2.82 bits per heavy atom. The topological polar surface area (TPSA) is 73.5 Å². The highest BCUT2D eigenvalue weighted by molar-refractivity contribution is 6.33. The van der Waals surface area contributed by atoms with Gasteiger partial charge in [-0.15, -0.1) is 12.4 Å². The third-order valence-corrected chi connectivity index (χ3v) is 5.62. The van der Waals surface area contributed by atoms with Gasteiger partial charge in [-0.3, -0.25) is 14.5 Å². The summed E-state index contributed by atoms with van der Waals surface area (Å²) < 4.78 is 0. The molecule has 2 amide bonds. The number of carbonyl (C=O) groups is 2. The summed E-state index contributed by atoms with van der Waals surface area (Å²) in [6.07, 6.45) is 4.11. The summed E-state index contributed by atoms with van der Waals surface area (Å²) in [5.41, 5.74) is 1.71. The summed E-state index contributed by atoms with van der Waals surface area (Å²) in [6, 6.07) is 5.58. The summed E-state index contributed by atoms with van der Waals surface area (Å²) in [5.74, 6) is 0.442. The molecule has 6 nitrogen and oxygen atoms in total. The Balaban J connectivity index is 0.00000280. The van der Waals surface area contributed by atoms with Crippen molar-refractivity contribution in [2.75, 3.05) is 38.0 Å². The molecule has 0 aromatic heterocycles. The molecule has 0 saturated carbocycles. The summed E-state index contributed by atoms with van der Waals surface area (Å²) >= 11 is 6.19. The fourth-order valence-corrected chi connectivity index (χ4v) is 4.13.